The molecule has 11 heteroatoms. The van der Waals surface area contributed by atoms with Crippen molar-refractivity contribution in [3.63, 3.8) is 0 Å². The smallest absolute Gasteiger partial charge is 0.345 e. The number of piperazine rings is 1. The summed E-state index contributed by atoms with van der Waals surface area (Å²) in [6.45, 7) is 4.35. The Kier molecular flexibility index (Phi) is 6.79. The van der Waals surface area contributed by atoms with Gasteiger partial charge in [-0.1, -0.05) is 0 Å². The second-order valence-corrected chi connectivity index (χ2v) is 9.06. The lowest BCUT2D eigenvalue weighted by molar-refractivity contribution is 0.344. The van der Waals surface area contributed by atoms with Crippen molar-refractivity contribution in [1.29, 1.82) is 0 Å². The van der Waals surface area contributed by atoms with Crippen LogP contribution in [0.15, 0.2) is 25.9 Å². The van der Waals surface area contributed by atoms with Crippen LogP contribution in [0.1, 0.15) is 11.5 Å². The number of hydrogen-bond acceptors (Lipinski definition) is 8. The fourth-order valence-electron chi connectivity index (χ4n) is 2.83. The van der Waals surface area contributed by atoms with Crippen LogP contribution in [0.25, 0.3) is 0 Å². The van der Waals surface area contributed by atoms with Gasteiger partial charge in [0.05, 0.1) is 18.8 Å². The van der Waals surface area contributed by atoms with E-state index in [0.717, 1.165) is 55.7 Å². The summed E-state index contributed by atoms with van der Waals surface area (Å²) in [6.07, 6.45) is 0. The predicted molar refractivity (Wildman–Crippen MR) is 108 cm³/mol. The average molecular weight is 415 g/mol. The van der Waals surface area contributed by atoms with Crippen LogP contribution in [-0.4, -0.2) is 82.5 Å². The SMILES string of the molecule is CN(C)Cc1ccc(CSCCN=C2NS(=O)(=O)N=C2N2CCNCC2)o1. The van der Waals surface area contributed by atoms with Crippen LogP contribution in [0.4, 0.5) is 0 Å². The van der Waals surface area contributed by atoms with Crippen LogP contribution < -0.4 is 10.0 Å². The number of furan rings is 1. The summed E-state index contributed by atoms with van der Waals surface area (Å²) in [4.78, 5) is 8.44. The minimum Gasteiger partial charge on any atom is -0.464 e. The van der Waals surface area contributed by atoms with Crippen molar-refractivity contribution in [3.8, 4) is 0 Å². The molecule has 27 heavy (non-hydrogen) atoms. The molecular formula is C16H26N6O3S2. The van der Waals surface area contributed by atoms with E-state index in [2.05, 4.69) is 24.3 Å². The van der Waals surface area contributed by atoms with Gasteiger partial charge in [-0.25, -0.2) is 4.72 Å². The van der Waals surface area contributed by atoms with Gasteiger partial charge in [-0.15, -0.1) is 4.40 Å². The highest BCUT2D eigenvalue weighted by Crippen LogP contribution is 2.16. The van der Waals surface area contributed by atoms with Crippen molar-refractivity contribution in [2.24, 2.45) is 9.39 Å². The number of thioether (sulfide) groups is 1. The monoisotopic (exact) mass is 414 g/mol. The van der Waals surface area contributed by atoms with E-state index < -0.39 is 10.2 Å². The summed E-state index contributed by atoms with van der Waals surface area (Å²) in [7, 11) is 0.343. The molecule has 0 saturated carbocycles. The number of nitrogens with zero attached hydrogens (tertiary/aromatic N) is 4. The summed E-state index contributed by atoms with van der Waals surface area (Å²) >= 11 is 1.70. The Balaban J connectivity index is 1.48. The molecule has 0 unspecified atom stereocenters. The lowest BCUT2D eigenvalue weighted by atomic mass is 10.3. The molecule has 3 heterocycles. The van der Waals surface area contributed by atoms with Gasteiger partial charge >= 0.3 is 10.2 Å². The van der Waals surface area contributed by atoms with Gasteiger partial charge < -0.3 is 19.5 Å². The zero-order valence-electron chi connectivity index (χ0n) is 15.6. The third-order valence-electron chi connectivity index (χ3n) is 4.00. The topological polar surface area (TPSA) is 103 Å². The van der Waals surface area contributed by atoms with E-state index in [-0.39, 0.29) is 0 Å². The predicted octanol–water partition coefficient (Wildman–Crippen LogP) is 0.125. The van der Waals surface area contributed by atoms with E-state index in [9.17, 15) is 8.42 Å². The molecular weight excluding hydrogens is 388 g/mol. The first-order valence-electron chi connectivity index (χ1n) is 8.86. The molecule has 0 radical (unpaired) electrons. The highest BCUT2D eigenvalue weighted by molar-refractivity contribution is 7.98. The normalized spacial score (nSPS) is 20.9. The zero-order chi connectivity index (χ0) is 19.3. The number of aliphatic imine (C=N–C) groups is 1. The number of rotatable bonds is 7. The van der Waals surface area contributed by atoms with Crippen LogP contribution in [0.3, 0.4) is 0 Å². The van der Waals surface area contributed by atoms with Gasteiger partial charge in [-0.2, -0.15) is 20.2 Å². The Morgan fingerprint density at radius 2 is 2.04 bits per heavy atom. The van der Waals surface area contributed by atoms with E-state index in [1.165, 1.54) is 0 Å². The molecule has 1 aromatic heterocycles. The lowest BCUT2D eigenvalue weighted by Gasteiger charge is -2.28. The Hall–Kier alpha value is -1.56. The van der Waals surface area contributed by atoms with E-state index in [0.29, 0.717) is 18.2 Å². The minimum atomic E-state index is -3.67. The second kappa shape index (κ2) is 9.09. The van der Waals surface area contributed by atoms with Gasteiger partial charge in [0, 0.05) is 31.9 Å². The fourth-order valence-corrected chi connectivity index (χ4v) is 4.42. The number of hydrogen-bond donors (Lipinski definition) is 2. The van der Waals surface area contributed by atoms with Crippen LogP contribution in [-0.2, 0) is 22.5 Å². The lowest BCUT2D eigenvalue weighted by Crippen LogP contribution is -2.49. The fraction of sp³-hybridized carbons (Fsp3) is 0.625. The van der Waals surface area contributed by atoms with Gasteiger partial charge in [-0.05, 0) is 26.2 Å². The molecule has 2 aliphatic rings. The Bertz CT molecular complexity index is 797. The summed E-state index contributed by atoms with van der Waals surface area (Å²) in [5.41, 5.74) is 0. The molecule has 0 bridgehead atoms. The molecule has 2 N–H and O–H groups in total. The first-order chi connectivity index (χ1) is 12.9. The Labute approximate surface area is 164 Å². The molecule has 2 aliphatic heterocycles. The van der Waals surface area contributed by atoms with Crippen molar-refractivity contribution >= 4 is 33.6 Å². The zero-order valence-corrected chi connectivity index (χ0v) is 17.3. The summed E-state index contributed by atoms with van der Waals surface area (Å²) < 4.78 is 35.6. The van der Waals surface area contributed by atoms with E-state index in [4.69, 9.17) is 4.42 Å². The molecule has 0 spiro atoms. The highest BCUT2D eigenvalue weighted by Gasteiger charge is 2.30. The Morgan fingerprint density at radius 1 is 1.30 bits per heavy atom. The molecule has 0 amide bonds. The van der Waals surface area contributed by atoms with Crippen LogP contribution in [0.2, 0.25) is 0 Å². The molecule has 1 saturated heterocycles. The van der Waals surface area contributed by atoms with Crippen molar-refractivity contribution in [2.75, 3.05) is 52.6 Å². The quantitative estimate of drug-likeness (QED) is 0.611. The van der Waals surface area contributed by atoms with Crippen LogP contribution in [0.5, 0.6) is 0 Å². The summed E-state index contributed by atoms with van der Waals surface area (Å²) in [5.74, 6) is 4.21. The number of amidine groups is 2. The molecule has 0 aliphatic carbocycles. The minimum absolute atomic E-state index is 0.351. The number of nitrogens with one attached hydrogen (secondary N) is 2. The second-order valence-electron chi connectivity index (χ2n) is 6.62. The van der Waals surface area contributed by atoms with Crippen LogP contribution >= 0.6 is 11.8 Å². The first-order valence-corrected chi connectivity index (χ1v) is 11.5. The summed E-state index contributed by atoms with van der Waals surface area (Å²) in [6, 6.07) is 4.00. The largest absolute Gasteiger partial charge is 0.464 e. The molecule has 9 nitrogen and oxygen atoms in total. The maximum atomic E-state index is 11.8. The third-order valence-corrected chi connectivity index (χ3v) is 5.82. The molecule has 0 aromatic carbocycles. The molecule has 1 aromatic rings. The van der Waals surface area contributed by atoms with E-state index in [1.807, 2.05) is 31.1 Å². The van der Waals surface area contributed by atoms with Gasteiger partial charge in [0.1, 0.15) is 11.5 Å². The van der Waals surface area contributed by atoms with Gasteiger partial charge in [0.2, 0.25) is 0 Å². The van der Waals surface area contributed by atoms with Gasteiger partial charge in [0.25, 0.3) is 0 Å². The van der Waals surface area contributed by atoms with E-state index in [1.54, 1.807) is 11.8 Å². The van der Waals surface area contributed by atoms with E-state index >= 15 is 0 Å². The van der Waals surface area contributed by atoms with Crippen molar-refractivity contribution in [2.45, 2.75) is 12.3 Å². The Morgan fingerprint density at radius 3 is 2.78 bits per heavy atom. The molecule has 1 fully saturated rings. The first kappa shape index (κ1) is 20.2. The maximum Gasteiger partial charge on any atom is 0.345 e. The molecule has 150 valence electrons. The average Bonchev–Trinajstić information content (AvgIpc) is 3.18. The molecule has 3 rings (SSSR count). The summed E-state index contributed by atoms with van der Waals surface area (Å²) in [5, 5.41) is 3.24. The highest BCUT2D eigenvalue weighted by atomic mass is 32.2. The van der Waals surface area contributed by atoms with Gasteiger partial charge in [0.15, 0.2) is 11.7 Å². The molecule has 0 atom stereocenters. The third kappa shape index (κ3) is 5.96. The van der Waals surface area contributed by atoms with Crippen molar-refractivity contribution in [3.05, 3.63) is 23.7 Å². The van der Waals surface area contributed by atoms with Crippen molar-refractivity contribution in [1.82, 2.24) is 19.8 Å². The standard InChI is InChI=1S/C16H26N6O3S2/c1-21(2)11-13-3-4-14(25-13)12-26-10-7-18-15-16(20-27(23,24)19-15)22-8-5-17-6-9-22/h3-4,17H,5-12H2,1-2H3,(H,18,19). The maximum absolute atomic E-state index is 11.8. The van der Waals surface area contributed by atoms with Crippen molar-refractivity contribution < 1.29 is 12.8 Å². The van der Waals surface area contributed by atoms with Gasteiger partial charge in [-0.3, -0.25) is 4.99 Å². The van der Waals surface area contributed by atoms with Crippen LogP contribution in [0, 0.1) is 0 Å².